The van der Waals surface area contributed by atoms with Crippen molar-refractivity contribution >= 4 is 23.5 Å². The second kappa shape index (κ2) is 8.53. The van der Waals surface area contributed by atoms with E-state index < -0.39 is 82.7 Å². The first-order valence-electron chi connectivity index (χ1n) is 13.2. The average Bonchev–Trinajstić information content (AvgIpc) is 3.23. The van der Waals surface area contributed by atoms with Crippen molar-refractivity contribution in [1.29, 1.82) is 0 Å². The molecule has 1 aliphatic heterocycles. The summed E-state index contributed by atoms with van der Waals surface area (Å²) in [5, 5.41) is 20.4. The van der Waals surface area contributed by atoms with Crippen LogP contribution in [0.4, 0.5) is 4.39 Å². The van der Waals surface area contributed by atoms with E-state index in [1.165, 1.54) is 12.2 Å². The molecular weight excluding hydrogens is 499 g/mol. The molecule has 0 radical (unpaired) electrons. The van der Waals surface area contributed by atoms with Crippen molar-refractivity contribution in [2.45, 2.75) is 95.5 Å². The second-order valence-corrected chi connectivity index (χ2v) is 12.3. The van der Waals surface area contributed by atoms with Crippen molar-refractivity contribution in [2.75, 3.05) is 6.61 Å². The Bertz CT molecular complexity index is 1160. The molecule has 0 unspecified atom stereocenters. The Kier molecular flexibility index (Phi) is 6.10. The minimum Gasteiger partial charge on any atom is -0.481 e. The quantitative estimate of drug-likeness (QED) is 0.493. The first-order valence-corrected chi connectivity index (χ1v) is 13.2. The average molecular weight is 535 g/mol. The second-order valence-electron chi connectivity index (χ2n) is 12.3. The predicted octanol–water partition coefficient (Wildman–Crippen LogP) is 2.83. The zero-order valence-corrected chi connectivity index (χ0v) is 22.1. The summed E-state index contributed by atoms with van der Waals surface area (Å²) in [6, 6.07) is 0. The van der Waals surface area contributed by atoms with Crippen molar-refractivity contribution in [3.05, 3.63) is 23.8 Å². The lowest BCUT2D eigenvalue weighted by molar-refractivity contribution is -0.246. The molecule has 3 saturated carbocycles. The van der Waals surface area contributed by atoms with E-state index in [0.717, 1.165) is 0 Å². The van der Waals surface area contributed by atoms with Crippen molar-refractivity contribution in [3.63, 3.8) is 0 Å². The van der Waals surface area contributed by atoms with E-state index in [9.17, 15) is 24.3 Å². The summed E-state index contributed by atoms with van der Waals surface area (Å²) in [6.45, 7) is 6.26. The Morgan fingerprint density at radius 2 is 1.87 bits per heavy atom. The Morgan fingerprint density at radius 3 is 2.55 bits per heavy atom. The fraction of sp³-hybridized carbons (Fsp3) is 0.714. The normalized spacial score (nSPS) is 44.4. The first-order chi connectivity index (χ1) is 17.6. The molecule has 5 rings (SSSR count). The molecule has 0 aromatic heterocycles. The maximum atomic E-state index is 17.4. The molecule has 1 saturated heterocycles. The number of carbonyl (C=O) groups excluding carboxylic acids is 3. The molecule has 8 atom stereocenters. The van der Waals surface area contributed by atoms with E-state index in [0.29, 0.717) is 24.8 Å². The van der Waals surface area contributed by atoms with Gasteiger partial charge in [0.1, 0.15) is 0 Å². The van der Waals surface area contributed by atoms with Gasteiger partial charge < -0.3 is 24.4 Å². The molecule has 208 valence electrons. The van der Waals surface area contributed by atoms with Gasteiger partial charge in [0.25, 0.3) is 0 Å². The number of carboxylic acids is 1. The molecule has 9 nitrogen and oxygen atoms in total. The van der Waals surface area contributed by atoms with E-state index in [1.54, 1.807) is 26.8 Å². The molecule has 0 aromatic rings. The molecule has 4 fully saturated rings. The highest BCUT2D eigenvalue weighted by Crippen LogP contribution is 2.72. The van der Waals surface area contributed by atoms with E-state index in [2.05, 4.69) is 0 Å². The smallest absolute Gasteiger partial charge is 0.306 e. The van der Waals surface area contributed by atoms with Gasteiger partial charge in [-0.1, -0.05) is 18.6 Å². The van der Waals surface area contributed by atoms with Gasteiger partial charge in [0.05, 0.1) is 25.0 Å². The van der Waals surface area contributed by atoms with Crippen LogP contribution in [0.3, 0.4) is 0 Å². The van der Waals surface area contributed by atoms with Gasteiger partial charge in [0, 0.05) is 16.7 Å². The Labute approximate surface area is 220 Å². The van der Waals surface area contributed by atoms with Gasteiger partial charge in [0.15, 0.2) is 29.4 Å². The fourth-order valence-corrected chi connectivity index (χ4v) is 8.34. The zero-order valence-electron chi connectivity index (χ0n) is 22.1. The number of Topliss-reactive ketones (excluding diaryl/α,β-unsaturated/α-hetero) is 1. The van der Waals surface area contributed by atoms with Crippen molar-refractivity contribution in [3.8, 4) is 0 Å². The third-order valence-electron chi connectivity index (χ3n) is 9.96. The number of hydrogen-bond acceptors (Lipinski definition) is 8. The number of halogens is 1. The summed E-state index contributed by atoms with van der Waals surface area (Å²) in [5.74, 6) is -4.90. The van der Waals surface area contributed by atoms with E-state index in [4.69, 9.17) is 19.3 Å². The molecule has 0 bridgehead atoms. The summed E-state index contributed by atoms with van der Waals surface area (Å²) in [7, 11) is 0. The highest BCUT2D eigenvalue weighted by molar-refractivity contribution is 6.01. The molecule has 5 aliphatic rings. The lowest BCUT2D eigenvalue weighted by Crippen LogP contribution is -2.70. The van der Waals surface area contributed by atoms with Crippen LogP contribution in [0.1, 0.15) is 66.2 Å². The van der Waals surface area contributed by atoms with Crippen molar-refractivity contribution < 1.29 is 48.0 Å². The van der Waals surface area contributed by atoms with Crippen molar-refractivity contribution in [2.24, 2.45) is 22.7 Å². The summed E-state index contributed by atoms with van der Waals surface area (Å²) < 4.78 is 35.1. The Hall–Kier alpha value is -2.43. The monoisotopic (exact) mass is 534 g/mol. The molecule has 2 N–H and O–H groups in total. The molecule has 0 spiro atoms. The first kappa shape index (κ1) is 27.1. The Balaban J connectivity index is 1.50. The van der Waals surface area contributed by atoms with Gasteiger partial charge in [-0.25, -0.2) is 4.39 Å². The van der Waals surface area contributed by atoms with Gasteiger partial charge in [-0.15, -0.1) is 0 Å². The summed E-state index contributed by atoms with van der Waals surface area (Å²) in [6.07, 6.45) is 2.50. The molecule has 10 heteroatoms. The molecule has 1 heterocycles. The standard InChI is InChI=1S/C28H35FO9/c1-24(2)37-21-12-18-17-6-5-15-11-16(30)9-10-25(15,3)27(17,29)19(31)13-26(18,4)28(21,38-24)20(32)14-36-23(35)8-7-22(33)34/h9-11,17-19,21,31H,5-8,12-14H2,1-4H3,(H,33,34)/t17-,18+,19-,21-,25-,26-,27+,28+/m0/s1. The molecule has 0 aromatic carbocycles. The predicted molar refractivity (Wildman–Crippen MR) is 129 cm³/mol. The van der Waals surface area contributed by atoms with Gasteiger partial charge in [-0.3, -0.25) is 19.2 Å². The summed E-state index contributed by atoms with van der Waals surface area (Å²) in [5.41, 5.74) is -5.20. The number of rotatable bonds is 6. The number of fused-ring (bicyclic) bond motifs is 7. The maximum Gasteiger partial charge on any atom is 0.306 e. The Morgan fingerprint density at radius 1 is 1.16 bits per heavy atom. The van der Waals surface area contributed by atoms with E-state index in [1.807, 2.05) is 6.92 Å². The van der Waals surface area contributed by atoms with Crippen LogP contribution in [0.2, 0.25) is 0 Å². The van der Waals surface area contributed by atoms with Gasteiger partial charge in [-0.05, 0) is 64.5 Å². The van der Waals surface area contributed by atoms with Crippen LogP contribution >= 0.6 is 0 Å². The van der Waals surface area contributed by atoms with Crippen LogP contribution < -0.4 is 0 Å². The van der Waals surface area contributed by atoms with Crippen LogP contribution in [0.5, 0.6) is 0 Å². The number of esters is 1. The molecule has 0 amide bonds. The van der Waals surface area contributed by atoms with Crippen LogP contribution in [-0.2, 0) is 33.4 Å². The van der Waals surface area contributed by atoms with Gasteiger partial charge in [0.2, 0.25) is 5.78 Å². The number of aliphatic hydroxyl groups excluding tert-OH is 1. The van der Waals surface area contributed by atoms with E-state index in [-0.39, 0.29) is 18.6 Å². The van der Waals surface area contributed by atoms with E-state index >= 15 is 4.39 Å². The largest absolute Gasteiger partial charge is 0.481 e. The highest BCUT2D eigenvalue weighted by atomic mass is 19.1. The maximum absolute atomic E-state index is 17.4. The minimum atomic E-state index is -2.07. The molecule has 4 aliphatic carbocycles. The van der Waals surface area contributed by atoms with Crippen molar-refractivity contribution in [1.82, 2.24) is 0 Å². The lowest BCUT2D eigenvalue weighted by Gasteiger charge is -2.62. The van der Waals surface area contributed by atoms with Gasteiger partial charge >= 0.3 is 11.9 Å². The molecular formula is C28H35FO9. The summed E-state index contributed by atoms with van der Waals surface area (Å²) >= 11 is 0. The minimum absolute atomic E-state index is 0.0933. The van der Waals surface area contributed by atoms with Crippen LogP contribution in [0, 0.1) is 22.7 Å². The zero-order chi connectivity index (χ0) is 27.9. The number of aliphatic carboxylic acids is 1. The highest BCUT2D eigenvalue weighted by Gasteiger charge is 2.80. The van der Waals surface area contributed by atoms with Gasteiger partial charge in [-0.2, -0.15) is 0 Å². The topological polar surface area (TPSA) is 136 Å². The third-order valence-corrected chi connectivity index (χ3v) is 9.96. The van der Waals surface area contributed by atoms with Crippen LogP contribution in [0.25, 0.3) is 0 Å². The number of ether oxygens (including phenoxy) is 3. The lowest BCUT2D eigenvalue weighted by atomic mass is 9.44. The number of ketones is 2. The fourth-order valence-electron chi connectivity index (χ4n) is 8.34. The number of allylic oxidation sites excluding steroid dienone is 4. The van der Waals surface area contributed by atoms with Crippen LogP contribution in [0.15, 0.2) is 23.8 Å². The third kappa shape index (κ3) is 3.52. The summed E-state index contributed by atoms with van der Waals surface area (Å²) in [4.78, 5) is 48.8. The number of aliphatic hydroxyl groups is 1. The van der Waals surface area contributed by atoms with Crippen LogP contribution in [-0.4, -0.2) is 69.6 Å². The molecule has 38 heavy (non-hydrogen) atoms. The SMILES string of the molecule is CC1(C)O[C@H]2C[C@@H]3[C@@H]4CCC5=CC(=O)C=C[C@]5(C)[C@]4(F)[C@@H](O)C[C@]3(C)[C@]2(C(=O)COC(=O)CCC(=O)O)O1. The number of carbonyl (C=O) groups is 4. The number of hydrogen-bond donors (Lipinski definition) is 2. The number of carboxylic acid groups (broad SMARTS) is 1. The number of alkyl halides is 1.